The number of guanidine groups is 1. The van der Waals surface area contributed by atoms with Gasteiger partial charge in [-0.1, -0.05) is 48.5 Å². The summed E-state index contributed by atoms with van der Waals surface area (Å²) in [4.78, 5) is 9.12. The summed E-state index contributed by atoms with van der Waals surface area (Å²) in [6.07, 6.45) is 1.60. The van der Waals surface area contributed by atoms with Gasteiger partial charge in [-0.15, -0.1) is 24.0 Å². The van der Waals surface area contributed by atoms with E-state index in [-0.39, 0.29) is 30.1 Å². The van der Waals surface area contributed by atoms with Crippen molar-refractivity contribution < 1.29 is 9.15 Å². The summed E-state index contributed by atoms with van der Waals surface area (Å²) in [6, 6.07) is 20.0. The van der Waals surface area contributed by atoms with Crippen molar-refractivity contribution in [1.82, 2.24) is 15.6 Å². The van der Waals surface area contributed by atoms with E-state index in [1.807, 2.05) is 55.5 Å². The van der Waals surface area contributed by atoms with Crippen LogP contribution >= 0.6 is 24.0 Å². The predicted octanol–water partition coefficient (Wildman–Crippen LogP) is 4.40. The Balaban J connectivity index is 0.00000300. The minimum atomic E-state index is -0.0539. The lowest BCUT2D eigenvalue weighted by atomic mass is 10.1. The van der Waals surface area contributed by atoms with Gasteiger partial charge >= 0.3 is 0 Å². The fourth-order valence-electron chi connectivity index (χ4n) is 2.79. The number of ether oxygens (including phenoxy) is 1. The van der Waals surface area contributed by atoms with Crippen molar-refractivity contribution in [3.05, 3.63) is 78.2 Å². The Hall–Kier alpha value is -2.39. The molecule has 2 aromatic carbocycles. The Morgan fingerprint density at radius 1 is 1.07 bits per heavy atom. The summed E-state index contributed by atoms with van der Waals surface area (Å²) < 4.78 is 11.2. The maximum Gasteiger partial charge on any atom is 0.226 e. The van der Waals surface area contributed by atoms with Crippen molar-refractivity contribution >= 4 is 29.9 Å². The molecule has 1 heterocycles. The van der Waals surface area contributed by atoms with Crippen LogP contribution in [-0.4, -0.2) is 31.1 Å². The Kier molecular flexibility index (Phi) is 9.66. The van der Waals surface area contributed by atoms with Gasteiger partial charge in [-0.25, -0.2) is 9.98 Å². The molecule has 2 N–H and O–H groups in total. The molecule has 0 amide bonds. The minimum Gasteiger partial charge on any atom is -0.444 e. The number of aromatic nitrogens is 1. The molecule has 0 saturated heterocycles. The third-order valence-corrected chi connectivity index (χ3v) is 4.23. The van der Waals surface area contributed by atoms with Crippen LogP contribution in [0.3, 0.4) is 0 Å². The molecule has 1 atom stereocenters. The lowest BCUT2D eigenvalue weighted by Crippen LogP contribution is -2.39. The van der Waals surface area contributed by atoms with E-state index < -0.39 is 0 Å². The Bertz CT molecular complexity index is 869. The van der Waals surface area contributed by atoms with Gasteiger partial charge < -0.3 is 19.8 Å². The van der Waals surface area contributed by atoms with E-state index in [1.165, 1.54) is 0 Å². The van der Waals surface area contributed by atoms with E-state index >= 15 is 0 Å². The highest BCUT2D eigenvalue weighted by Gasteiger charge is 2.11. The number of halogens is 1. The zero-order chi connectivity index (χ0) is 19.6. The molecule has 0 saturated carbocycles. The van der Waals surface area contributed by atoms with E-state index in [2.05, 4.69) is 32.7 Å². The van der Waals surface area contributed by atoms with E-state index in [0.717, 1.165) is 23.4 Å². The normalized spacial score (nSPS) is 12.1. The standard InChI is InChI=1S/C22H26N4O2.HI/c1-3-23-22(25-15-20(27-2)17-10-6-4-7-11-17)24-14-19-16-28-21(26-19)18-12-8-5-9-13-18;/h4-13,16,20H,3,14-15H2,1-2H3,(H2,23,24,25);1H. The summed E-state index contributed by atoms with van der Waals surface area (Å²) in [6.45, 7) is 3.84. The van der Waals surface area contributed by atoms with Crippen LogP contribution in [-0.2, 0) is 11.3 Å². The first-order chi connectivity index (χ1) is 13.8. The molecule has 3 rings (SSSR count). The van der Waals surface area contributed by atoms with Crippen molar-refractivity contribution in [3.8, 4) is 11.5 Å². The number of hydrogen-bond donors (Lipinski definition) is 2. The maximum atomic E-state index is 5.61. The van der Waals surface area contributed by atoms with Crippen molar-refractivity contribution in [3.63, 3.8) is 0 Å². The molecule has 0 bridgehead atoms. The van der Waals surface area contributed by atoms with E-state index in [0.29, 0.717) is 24.9 Å². The number of nitrogens with one attached hydrogen (secondary N) is 2. The molecule has 29 heavy (non-hydrogen) atoms. The quantitative estimate of drug-likeness (QED) is 0.269. The number of benzene rings is 2. The number of aliphatic imine (C=N–C) groups is 1. The summed E-state index contributed by atoms with van der Waals surface area (Å²) >= 11 is 0. The van der Waals surface area contributed by atoms with Crippen LogP contribution in [0.2, 0.25) is 0 Å². The van der Waals surface area contributed by atoms with Crippen LogP contribution < -0.4 is 10.6 Å². The fraction of sp³-hybridized carbons (Fsp3) is 0.273. The molecule has 1 aromatic heterocycles. The van der Waals surface area contributed by atoms with Crippen molar-refractivity contribution in [2.24, 2.45) is 4.99 Å². The number of hydrogen-bond acceptors (Lipinski definition) is 4. The molecule has 0 fully saturated rings. The van der Waals surface area contributed by atoms with Crippen LogP contribution in [0.5, 0.6) is 0 Å². The molecule has 6 nitrogen and oxygen atoms in total. The smallest absolute Gasteiger partial charge is 0.226 e. The highest BCUT2D eigenvalue weighted by atomic mass is 127. The van der Waals surface area contributed by atoms with E-state index in [4.69, 9.17) is 9.15 Å². The molecule has 7 heteroatoms. The average Bonchev–Trinajstić information content (AvgIpc) is 3.23. The molecular formula is C22H27IN4O2. The van der Waals surface area contributed by atoms with Crippen molar-refractivity contribution in [1.29, 1.82) is 0 Å². The van der Waals surface area contributed by atoms with Gasteiger partial charge in [0.05, 0.1) is 12.6 Å². The average molecular weight is 506 g/mol. The zero-order valence-electron chi connectivity index (χ0n) is 16.7. The fourth-order valence-corrected chi connectivity index (χ4v) is 2.79. The third kappa shape index (κ3) is 6.86. The first kappa shape index (κ1) is 22.9. The largest absolute Gasteiger partial charge is 0.444 e. The summed E-state index contributed by atoms with van der Waals surface area (Å²) in [5, 5.41) is 6.58. The molecule has 1 unspecified atom stereocenters. The topological polar surface area (TPSA) is 71.7 Å². The highest BCUT2D eigenvalue weighted by Crippen LogP contribution is 2.18. The van der Waals surface area contributed by atoms with Crippen LogP contribution in [0.4, 0.5) is 0 Å². The van der Waals surface area contributed by atoms with Crippen LogP contribution in [0.15, 0.2) is 76.3 Å². The minimum absolute atomic E-state index is 0. The maximum absolute atomic E-state index is 5.61. The number of methoxy groups -OCH3 is 1. The van der Waals surface area contributed by atoms with E-state index in [9.17, 15) is 0 Å². The monoisotopic (exact) mass is 506 g/mol. The lowest BCUT2D eigenvalue weighted by Gasteiger charge is -2.18. The summed E-state index contributed by atoms with van der Waals surface area (Å²) in [7, 11) is 1.71. The molecule has 0 spiro atoms. The number of rotatable bonds is 8. The number of oxazole rings is 1. The molecular weight excluding hydrogens is 479 g/mol. The van der Waals surface area contributed by atoms with Gasteiger partial charge in [-0.05, 0) is 24.6 Å². The second-order valence-corrected chi connectivity index (χ2v) is 6.22. The van der Waals surface area contributed by atoms with Gasteiger partial charge in [0.25, 0.3) is 0 Å². The Morgan fingerprint density at radius 3 is 2.41 bits per heavy atom. The Morgan fingerprint density at radius 2 is 1.76 bits per heavy atom. The lowest BCUT2D eigenvalue weighted by molar-refractivity contribution is 0.106. The zero-order valence-corrected chi connectivity index (χ0v) is 19.0. The summed E-state index contributed by atoms with van der Waals surface area (Å²) in [5.41, 5.74) is 2.85. The first-order valence-corrected chi connectivity index (χ1v) is 9.40. The van der Waals surface area contributed by atoms with Gasteiger partial charge in [0.15, 0.2) is 5.96 Å². The van der Waals surface area contributed by atoms with Crippen molar-refractivity contribution in [2.75, 3.05) is 20.2 Å². The van der Waals surface area contributed by atoms with Gasteiger partial charge in [0.2, 0.25) is 5.89 Å². The van der Waals surface area contributed by atoms with Gasteiger partial charge in [-0.3, -0.25) is 0 Å². The van der Waals surface area contributed by atoms with Gasteiger partial charge in [-0.2, -0.15) is 0 Å². The highest BCUT2D eigenvalue weighted by molar-refractivity contribution is 14.0. The van der Waals surface area contributed by atoms with Gasteiger partial charge in [0.1, 0.15) is 12.0 Å². The Labute approximate surface area is 188 Å². The second kappa shape index (κ2) is 12.2. The van der Waals surface area contributed by atoms with Crippen molar-refractivity contribution in [2.45, 2.75) is 19.6 Å². The third-order valence-electron chi connectivity index (χ3n) is 4.23. The molecule has 0 aliphatic rings. The summed E-state index contributed by atoms with van der Waals surface area (Å²) in [5.74, 6) is 1.32. The molecule has 0 aliphatic heterocycles. The van der Waals surface area contributed by atoms with E-state index in [1.54, 1.807) is 13.4 Å². The molecule has 0 aliphatic carbocycles. The van der Waals surface area contributed by atoms with Crippen LogP contribution in [0.1, 0.15) is 24.3 Å². The first-order valence-electron chi connectivity index (χ1n) is 9.40. The molecule has 0 radical (unpaired) electrons. The molecule has 154 valence electrons. The second-order valence-electron chi connectivity index (χ2n) is 6.22. The van der Waals surface area contributed by atoms with Crippen LogP contribution in [0.25, 0.3) is 11.5 Å². The SMILES string of the molecule is CCNC(=NCc1coc(-c2ccccc2)n1)NCC(OC)c1ccccc1.I. The number of nitrogens with zero attached hydrogens (tertiary/aromatic N) is 2. The molecule has 3 aromatic rings. The van der Waals surface area contributed by atoms with Gasteiger partial charge in [0, 0.05) is 25.8 Å². The van der Waals surface area contributed by atoms with Crippen LogP contribution in [0, 0.1) is 0 Å². The predicted molar refractivity (Wildman–Crippen MR) is 126 cm³/mol.